The average molecular weight is 433 g/mol. The van der Waals surface area contributed by atoms with Crippen LogP contribution in [0.5, 0.6) is 5.75 Å². The van der Waals surface area contributed by atoms with Crippen LogP contribution < -0.4 is 10.5 Å². The summed E-state index contributed by atoms with van der Waals surface area (Å²) < 4.78 is 22.5. The number of thioether (sulfide) groups is 1. The molecule has 3 rings (SSSR count). The fourth-order valence-electron chi connectivity index (χ4n) is 2.47. The fourth-order valence-corrected chi connectivity index (χ4v) is 3.83. The molecule has 29 heavy (non-hydrogen) atoms. The highest BCUT2D eigenvalue weighted by molar-refractivity contribution is 8.18. The molecule has 2 aromatic rings. The summed E-state index contributed by atoms with van der Waals surface area (Å²) in [5.41, 5.74) is 0.819. The van der Waals surface area contributed by atoms with Crippen LogP contribution in [0.15, 0.2) is 58.3 Å². The molecule has 4 N–H and O–H groups in total. The molecule has 2 aromatic carbocycles. The number of primary sulfonamides is 1. The highest BCUT2D eigenvalue weighted by Gasteiger charge is 2.36. The van der Waals surface area contributed by atoms with E-state index in [2.05, 4.69) is 5.32 Å². The van der Waals surface area contributed by atoms with Gasteiger partial charge in [0.1, 0.15) is 12.3 Å². The lowest BCUT2D eigenvalue weighted by Gasteiger charge is -2.12. The first-order valence-electron chi connectivity index (χ1n) is 8.10. The number of aromatic hydroxyl groups is 1. The van der Waals surface area contributed by atoms with Crippen LogP contribution in [0.3, 0.4) is 0 Å². The van der Waals surface area contributed by atoms with Gasteiger partial charge in [0.15, 0.2) is 0 Å². The van der Waals surface area contributed by atoms with E-state index in [-0.39, 0.29) is 21.2 Å². The first-order valence-corrected chi connectivity index (χ1v) is 10.5. The molecule has 150 valence electrons. The Morgan fingerprint density at radius 3 is 2.48 bits per heavy atom. The summed E-state index contributed by atoms with van der Waals surface area (Å²) in [5, 5.41) is 16.4. The molecule has 0 spiro atoms. The van der Waals surface area contributed by atoms with Crippen LogP contribution in [-0.2, 0) is 19.6 Å². The summed E-state index contributed by atoms with van der Waals surface area (Å²) >= 11 is 0.692. The molecule has 0 radical (unpaired) electrons. The van der Waals surface area contributed by atoms with Crippen molar-refractivity contribution in [3.05, 3.63) is 59.0 Å². The molecule has 1 aliphatic rings. The summed E-state index contributed by atoms with van der Waals surface area (Å²) in [6.07, 6.45) is 1.45. The van der Waals surface area contributed by atoms with Crippen molar-refractivity contribution in [3.8, 4) is 5.75 Å². The second-order valence-electron chi connectivity index (χ2n) is 5.98. The minimum absolute atomic E-state index is 0.0193. The topological polar surface area (TPSA) is 147 Å². The molecule has 11 heteroatoms. The lowest BCUT2D eigenvalue weighted by atomic mass is 10.2. The molecule has 0 saturated carbocycles. The molecule has 9 nitrogen and oxygen atoms in total. The summed E-state index contributed by atoms with van der Waals surface area (Å²) in [5.74, 6) is -1.23. The Labute approximate surface area is 170 Å². The smallest absolute Gasteiger partial charge is 0.294 e. The van der Waals surface area contributed by atoms with E-state index in [1.54, 1.807) is 12.1 Å². The number of rotatable bonds is 5. The van der Waals surface area contributed by atoms with Crippen molar-refractivity contribution in [2.45, 2.75) is 4.90 Å². The Kier molecular flexibility index (Phi) is 5.73. The van der Waals surface area contributed by atoms with E-state index in [1.165, 1.54) is 42.5 Å². The maximum absolute atomic E-state index is 12.4. The van der Waals surface area contributed by atoms with Gasteiger partial charge in [-0.3, -0.25) is 19.3 Å². The number of hydrogen-bond acceptors (Lipinski definition) is 7. The minimum Gasteiger partial charge on any atom is -0.508 e. The third-order valence-electron chi connectivity index (χ3n) is 3.81. The molecule has 0 bridgehead atoms. The molecule has 0 atom stereocenters. The van der Waals surface area contributed by atoms with Gasteiger partial charge in [0.05, 0.1) is 9.80 Å². The van der Waals surface area contributed by atoms with E-state index in [0.29, 0.717) is 17.3 Å². The lowest BCUT2D eigenvalue weighted by Crippen LogP contribution is -2.36. The number of amides is 3. The second-order valence-corrected chi connectivity index (χ2v) is 8.54. The lowest BCUT2D eigenvalue weighted by molar-refractivity contribution is -0.127. The maximum atomic E-state index is 12.4. The minimum atomic E-state index is -3.85. The van der Waals surface area contributed by atoms with Gasteiger partial charge in [-0.1, -0.05) is 12.1 Å². The van der Waals surface area contributed by atoms with Crippen molar-refractivity contribution in [1.29, 1.82) is 0 Å². The van der Waals surface area contributed by atoms with Gasteiger partial charge in [0.25, 0.3) is 11.1 Å². The number of imide groups is 1. The standard InChI is InChI=1S/C18H15N3O6S2/c19-29(26,27)14-6-4-12(5-7-14)20-16(23)10-21-17(24)15(28-18(21)25)9-11-2-1-3-13(22)8-11/h1-9,22H,10H2,(H,20,23)(H2,19,26,27)/b15-9-. The van der Waals surface area contributed by atoms with Gasteiger partial charge in [-0.15, -0.1) is 0 Å². The number of nitrogens with one attached hydrogen (secondary N) is 1. The van der Waals surface area contributed by atoms with Gasteiger partial charge in [-0.2, -0.15) is 0 Å². The highest BCUT2D eigenvalue weighted by Crippen LogP contribution is 2.32. The molecule has 0 aromatic heterocycles. The average Bonchev–Trinajstić information content (AvgIpc) is 2.89. The van der Waals surface area contributed by atoms with Crippen molar-refractivity contribution in [2.75, 3.05) is 11.9 Å². The third kappa shape index (κ3) is 5.02. The van der Waals surface area contributed by atoms with Crippen molar-refractivity contribution < 1.29 is 27.9 Å². The Morgan fingerprint density at radius 1 is 1.17 bits per heavy atom. The van der Waals surface area contributed by atoms with Gasteiger partial charge in [-0.25, -0.2) is 13.6 Å². The number of phenols is 1. The zero-order chi connectivity index (χ0) is 21.2. The molecule has 3 amide bonds. The Hall–Kier alpha value is -3.15. The SMILES string of the molecule is NS(=O)(=O)c1ccc(NC(=O)CN2C(=O)S/C(=C\c3cccc(O)c3)C2=O)cc1. The van der Waals surface area contributed by atoms with Crippen LogP contribution in [0, 0.1) is 0 Å². The molecule has 1 aliphatic heterocycles. The first kappa shape index (κ1) is 20.6. The van der Waals surface area contributed by atoms with Gasteiger partial charge in [-0.05, 0) is 59.8 Å². The van der Waals surface area contributed by atoms with Crippen LogP contribution in [0.1, 0.15) is 5.56 Å². The van der Waals surface area contributed by atoms with Crippen molar-refractivity contribution >= 4 is 50.6 Å². The summed E-state index contributed by atoms with van der Waals surface area (Å²) in [4.78, 5) is 37.6. The number of carbonyl (C=O) groups excluding carboxylic acids is 3. The molecule has 0 unspecified atom stereocenters. The van der Waals surface area contributed by atoms with Crippen LogP contribution in [-0.4, -0.2) is 42.0 Å². The van der Waals surface area contributed by atoms with Gasteiger partial charge in [0, 0.05) is 5.69 Å². The molecule has 1 heterocycles. The summed E-state index contributed by atoms with van der Waals surface area (Å²) in [6, 6.07) is 11.3. The monoisotopic (exact) mass is 433 g/mol. The van der Waals surface area contributed by atoms with Crippen LogP contribution >= 0.6 is 11.8 Å². The quantitative estimate of drug-likeness (QED) is 0.608. The molecular formula is C18H15N3O6S2. The fraction of sp³-hybridized carbons (Fsp3) is 0.0556. The Bertz CT molecular complexity index is 1130. The number of benzene rings is 2. The first-order chi connectivity index (χ1) is 13.6. The van der Waals surface area contributed by atoms with E-state index in [4.69, 9.17) is 5.14 Å². The number of anilines is 1. The summed E-state index contributed by atoms with van der Waals surface area (Å²) in [6.45, 7) is -0.501. The van der Waals surface area contributed by atoms with E-state index in [1.807, 2.05) is 0 Å². The predicted molar refractivity (Wildman–Crippen MR) is 107 cm³/mol. The summed E-state index contributed by atoms with van der Waals surface area (Å²) in [7, 11) is -3.85. The molecule has 1 fully saturated rings. The normalized spacial score (nSPS) is 15.8. The number of nitrogens with zero attached hydrogens (tertiary/aromatic N) is 1. The van der Waals surface area contributed by atoms with Crippen LogP contribution in [0.25, 0.3) is 6.08 Å². The van der Waals surface area contributed by atoms with Crippen LogP contribution in [0.4, 0.5) is 10.5 Å². The van der Waals surface area contributed by atoms with E-state index in [0.717, 1.165) is 4.90 Å². The molecular weight excluding hydrogens is 418 g/mol. The Balaban J connectivity index is 1.67. The molecule has 1 saturated heterocycles. The van der Waals surface area contributed by atoms with Crippen LogP contribution in [0.2, 0.25) is 0 Å². The van der Waals surface area contributed by atoms with Gasteiger partial charge >= 0.3 is 0 Å². The Morgan fingerprint density at radius 2 is 1.86 bits per heavy atom. The number of nitrogens with two attached hydrogens (primary N) is 1. The second kappa shape index (κ2) is 8.07. The molecule has 0 aliphatic carbocycles. The van der Waals surface area contributed by atoms with Crippen molar-refractivity contribution in [3.63, 3.8) is 0 Å². The number of sulfonamides is 1. The van der Waals surface area contributed by atoms with Crippen molar-refractivity contribution in [2.24, 2.45) is 5.14 Å². The largest absolute Gasteiger partial charge is 0.508 e. The third-order valence-corrected chi connectivity index (χ3v) is 5.65. The number of carbonyl (C=O) groups is 3. The van der Waals surface area contributed by atoms with E-state index in [9.17, 15) is 27.9 Å². The zero-order valence-electron chi connectivity index (χ0n) is 14.7. The van der Waals surface area contributed by atoms with Crippen molar-refractivity contribution in [1.82, 2.24) is 4.90 Å². The highest BCUT2D eigenvalue weighted by atomic mass is 32.2. The number of hydrogen-bond donors (Lipinski definition) is 3. The van der Waals surface area contributed by atoms with E-state index < -0.39 is 33.6 Å². The number of phenolic OH excluding ortho intramolecular Hbond substituents is 1. The van der Waals surface area contributed by atoms with E-state index >= 15 is 0 Å². The zero-order valence-corrected chi connectivity index (χ0v) is 16.4. The van der Waals surface area contributed by atoms with Gasteiger partial charge < -0.3 is 10.4 Å². The maximum Gasteiger partial charge on any atom is 0.294 e. The van der Waals surface area contributed by atoms with Gasteiger partial charge in [0.2, 0.25) is 15.9 Å². The predicted octanol–water partition coefficient (Wildman–Crippen LogP) is 1.71.